The lowest BCUT2D eigenvalue weighted by molar-refractivity contribution is -0.123. The van der Waals surface area contributed by atoms with Gasteiger partial charge in [-0.1, -0.05) is 18.1 Å². The number of rotatable bonds is 8. The molecule has 3 N–H and O–H groups in total. The van der Waals surface area contributed by atoms with Gasteiger partial charge < -0.3 is 15.7 Å². The summed E-state index contributed by atoms with van der Waals surface area (Å²) in [6.07, 6.45) is -5.61. The van der Waals surface area contributed by atoms with E-state index in [9.17, 15) is 41.0 Å². The van der Waals surface area contributed by atoms with Gasteiger partial charge in [0.1, 0.15) is 35.2 Å². The highest BCUT2D eigenvalue weighted by Crippen LogP contribution is 2.52. The largest absolute Gasteiger partial charge is 0.378 e. The van der Waals surface area contributed by atoms with E-state index < -0.39 is 90.2 Å². The fourth-order valence-electron chi connectivity index (χ4n) is 6.13. The molecule has 4 aromatic rings. The molecular weight excluding hydrogens is 704 g/mol. The molecule has 0 unspecified atom stereocenters. The molecule has 0 saturated heterocycles. The molecule has 1 aliphatic carbocycles. The fraction of sp³-hybridized carbons (Fsp3) is 0.343. The summed E-state index contributed by atoms with van der Waals surface area (Å²) >= 11 is 0. The first-order chi connectivity index (χ1) is 24.3. The summed E-state index contributed by atoms with van der Waals surface area (Å²) in [5.41, 5.74) is -4.81. The Labute approximate surface area is 290 Å². The van der Waals surface area contributed by atoms with Crippen LogP contribution in [0.3, 0.4) is 0 Å². The molecule has 0 spiro atoms. The zero-order chi connectivity index (χ0) is 37.7. The predicted octanol–water partition coefficient (Wildman–Crippen LogP) is 6.00. The van der Waals surface area contributed by atoms with E-state index in [2.05, 4.69) is 37.5 Å². The lowest BCUT2D eigenvalue weighted by atomic mass is 9.89. The number of halogens is 8. The highest BCUT2D eigenvalue weighted by Gasteiger charge is 2.55. The summed E-state index contributed by atoms with van der Waals surface area (Å²) in [5, 5.41) is 18.6. The van der Waals surface area contributed by atoms with Crippen molar-refractivity contribution in [3.63, 3.8) is 0 Å². The molecule has 52 heavy (non-hydrogen) atoms. The van der Waals surface area contributed by atoms with Crippen molar-refractivity contribution in [2.24, 2.45) is 0 Å². The molecule has 0 fully saturated rings. The molecule has 2 amide bonds. The summed E-state index contributed by atoms with van der Waals surface area (Å²) < 4.78 is 116. The third kappa shape index (κ3) is 7.47. The van der Waals surface area contributed by atoms with Crippen LogP contribution in [0.4, 0.5) is 35.1 Å². The average Bonchev–Trinajstić information content (AvgIpc) is 3.63. The van der Waals surface area contributed by atoms with Crippen molar-refractivity contribution < 1.29 is 49.8 Å². The maximum atomic E-state index is 15.1. The number of carbonyl (C=O) groups is 2. The summed E-state index contributed by atoms with van der Waals surface area (Å²) in [7, 11) is 0. The minimum Gasteiger partial charge on any atom is -0.378 e. The molecule has 0 radical (unpaired) electrons. The standard InChI is InChI=1S/C35H28F8N6O3/c1-33(2,52)6-5-25-44-15-23(18-3-4-19-14-45-32(51)22(19)12-18)28(47-25)24(11-17-9-20(36)13-21(37)10-17)46-26(50)16-49-30-27(29(48-49)31(38)39)34(40,41)7-8-35(30,42)43/h3-4,9-10,12-13,15,24,31,52H,7-8,11,14,16H2,1-2H3,(H,45,51)(H,46,50)/t24-/m0/s1. The third-order valence-electron chi connectivity index (χ3n) is 8.38. The van der Waals surface area contributed by atoms with Crippen LogP contribution in [0.2, 0.25) is 0 Å². The van der Waals surface area contributed by atoms with Crippen molar-refractivity contribution in [2.75, 3.05) is 0 Å². The van der Waals surface area contributed by atoms with Gasteiger partial charge in [-0.05, 0) is 61.1 Å². The number of carbonyl (C=O) groups excluding carboxylic acids is 2. The van der Waals surface area contributed by atoms with Gasteiger partial charge in [0.25, 0.3) is 24.2 Å². The first kappa shape index (κ1) is 36.4. The number of aromatic nitrogens is 4. The Kier molecular flexibility index (Phi) is 9.32. The lowest BCUT2D eigenvalue weighted by Crippen LogP contribution is -2.37. The molecule has 3 heterocycles. The molecule has 2 aromatic carbocycles. The average molecular weight is 733 g/mol. The molecule has 1 aliphatic heterocycles. The van der Waals surface area contributed by atoms with Crippen LogP contribution in [-0.4, -0.2) is 42.3 Å². The van der Waals surface area contributed by atoms with Gasteiger partial charge in [-0.3, -0.25) is 14.3 Å². The van der Waals surface area contributed by atoms with E-state index in [-0.39, 0.29) is 39.8 Å². The Balaban J connectivity index is 1.47. The van der Waals surface area contributed by atoms with Gasteiger partial charge >= 0.3 is 0 Å². The van der Waals surface area contributed by atoms with E-state index in [0.717, 1.165) is 12.1 Å². The Morgan fingerprint density at radius 3 is 2.40 bits per heavy atom. The number of benzene rings is 2. The van der Waals surface area contributed by atoms with Crippen molar-refractivity contribution >= 4 is 11.8 Å². The molecule has 0 saturated carbocycles. The Morgan fingerprint density at radius 1 is 1.04 bits per heavy atom. The van der Waals surface area contributed by atoms with Gasteiger partial charge in [0.2, 0.25) is 11.7 Å². The van der Waals surface area contributed by atoms with E-state index in [1.54, 1.807) is 12.1 Å². The van der Waals surface area contributed by atoms with Crippen LogP contribution in [0.5, 0.6) is 0 Å². The Hall–Kier alpha value is -5.37. The topological polar surface area (TPSA) is 122 Å². The first-order valence-electron chi connectivity index (χ1n) is 15.7. The van der Waals surface area contributed by atoms with Crippen LogP contribution in [0.15, 0.2) is 42.6 Å². The zero-order valence-electron chi connectivity index (χ0n) is 27.3. The number of nitrogens with one attached hydrogen (secondary N) is 2. The number of fused-ring (bicyclic) bond motifs is 2. The van der Waals surface area contributed by atoms with Crippen LogP contribution in [0, 0.1) is 23.5 Å². The van der Waals surface area contributed by atoms with Gasteiger partial charge in [-0.15, -0.1) is 0 Å². The SMILES string of the molecule is CC(C)(O)C#Cc1ncc(-c2ccc3c(c2)C(=O)NC3)c([C@H](Cc2cc(F)cc(F)c2)NC(=O)Cn2nc(C(F)F)c3c2C(F)(F)CCC3(F)F)n1. The summed E-state index contributed by atoms with van der Waals surface area (Å²) in [6, 6.07) is 5.91. The van der Waals surface area contributed by atoms with Crippen LogP contribution < -0.4 is 10.6 Å². The van der Waals surface area contributed by atoms with Crippen molar-refractivity contribution in [1.82, 2.24) is 30.4 Å². The summed E-state index contributed by atoms with van der Waals surface area (Å²) in [5.74, 6) is -6.71. The van der Waals surface area contributed by atoms with Crippen LogP contribution in [0.25, 0.3) is 11.1 Å². The van der Waals surface area contributed by atoms with Crippen LogP contribution in [0.1, 0.15) is 89.1 Å². The monoisotopic (exact) mass is 732 g/mol. The predicted molar refractivity (Wildman–Crippen MR) is 167 cm³/mol. The summed E-state index contributed by atoms with van der Waals surface area (Å²) in [6.45, 7) is 1.81. The maximum absolute atomic E-state index is 15.1. The smallest absolute Gasteiger partial charge is 0.290 e. The number of hydrogen-bond donors (Lipinski definition) is 3. The molecule has 1 atom stereocenters. The molecule has 17 heteroatoms. The number of nitrogens with zero attached hydrogens (tertiary/aromatic N) is 4. The van der Waals surface area contributed by atoms with Crippen LogP contribution in [-0.2, 0) is 36.1 Å². The molecular formula is C35H28F8N6O3. The van der Waals surface area contributed by atoms with E-state index in [0.29, 0.717) is 22.8 Å². The molecule has 0 bridgehead atoms. The Bertz CT molecular complexity index is 2130. The van der Waals surface area contributed by atoms with Gasteiger partial charge in [0.15, 0.2) is 0 Å². The minimum atomic E-state index is -4.08. The number of aliphatic hydroxyl groups is 1. The second-order valence-electron chi connectivity index (χ2n) is 12.9. The highest BCUT2D eigenvalue weighted by atomic mass is 19.3. The second kappa shape index (κ2) is 13.3. The number of hydrogen-bond acceptors (Lipinski definition) is 6. The first-order valence-corrected chi connectivity index (χ1v) is 15.7. The van der Waals surface area contributed by atoms with Gasteiger partial charge in [0.05, 0.1) is 17.3 Å². The van der Waals surface area contributed by atoms with E-state index in [1.807, 2.05) is 0 Å². The van der Waals surface area contributed by atoms with Gasteiger partial charge in [0, 0.05) is 42.8 Å². The van der Waals surface area contributed by atoms with E-state index in [4.69, 9.17) is 0 Å². The molecule has 6 rings (SSSR count). The third-order valence-corrected chi connectivity index (χ3v) is 8.38. The summed E-state index contributed by atoms with van der Waals surface area (Å²) in [4.78, 5) is 34.8. The van der Waals surface area contributed by atoms with Gasteiger partial charge in [-0.25, -0.2) is 36.3 Å². The molecule has 272 valence electrons. The number of amides is 2. The number of alkyl halides is 6. The fourth-order valence-corrected chi connectivity index (χ4v) is 6.13. The second-order valence-corrected chi connectivity index (χ2v) is 12.9. The van der Waals surface area contributed by atoms with Crippen molar-refractivity contribution in [3.8, 4) is 23.0 Å². The Morgan fingerprint density at radius 2 is 1.73 bits per heavy atom. The zero-order valence-corrected chi connectivity index (χ0v) is 27.3. The molecule has 2 aliphatic rings. The van der Waals surface area contributed by atoms with E-state index >= 15 is 8.78 Å². The van der Waals surface area contributed by atoms with E-state index in [1.165, 1.54) is 26.1 Å². The van der Waals surface area contributed by atoms with Crippen molar-refractivity contribution in [1.29, 1.82) is 0 Å². The normalized spacial score (nSPS) is 16.4. The highest BCUT2D eigenvalue weighted by molar-refractivity contribution is 5.99. The lowest BCUT2D eigenvalue weighted by Gasteiger charge is -2.29. The van der Waals surface area contributed by atoms with Crippen molar-refractivity contribution in [2.45, 2.75) is 76.1 Å². The van der Waals surface area contributed by atoms with Crippen molar-refractivity contribution in [3.05, 3.63) is 99.4 Å². The molecule has 9 nitrogen and oxygen atoms in total. The molecule has 2 aromatic heterocycles. The minimum absolute atomic E-state index is 0.0209. The quantitative estimate of drug-likeness (QED) is 0.151. The maximum Gasteiger partial charge on any atom is 0.290 e. The van der Waals surface area contributed by atoms with Crippen LogP contribution >= 0.6 is 0 Å². The van der Waals surface area contributed by atoms with Gasteiger partial charge in [-0.2, -0.15) is 13.9 Å².